The number of amides is 1. The van der Waals surface area contributed by atoms with Crippen molar-refractivity contribution in [3.8, 4) is 11.3 Å². The van der Waals surface area contributed by atoms with E-state index in [1.807, 2.05) is 31.2 Å². The van der Waals surface area contributed by atoms with Crippen LogP contribution in [0.4, 0.5) is 0 Å². The number of carbonyl (C=O) groups excluding carboxylic acids is 1. The van der Waals surface area contributed by atoms with Gasteiger partial charge in [0.2, 0.25) is 0 Å². The number of hydrogen-bond donors (Lipinski definition) is 1. The fraction of sp³-hybridized carbons (Fsp3) is 0.118. The van der Waals surface area contributed by atoms with Crippen LogP contribution in [-0.2, 0) is 6.54 Å². The van der Waals surface area contributed by atoms with Gasteiger partial charge in [0, 0.05) is 33.4 Å². The van der Waals surface area contributed by atoms with Crippen molar-refractivity contribution in [2.75, 3.05) is 0 Å². The molecule has 0 aliphatic rings. The molecule has 3 aromatic rings. The average molecular weight is 344 g/mol. The standard InChI is InChI=1S/C17H14ClN3OS/c1-11-16(12-2-4-14(18)5-3-12)21-15(23-11)10-20-17(22)13-6-8-19-9-7-13/h2-9H,10H2,1H3,(H,20,22). The predicted octanol–water partition coefficient (Wildman–Crippen LogP) is 4.10. The quantitative estimate of drug-likeness (QED) is 0.776. The van der Waals surface area contributed by atoms with Gasteiger partial charge < -0.3 is 5.32 Å². The Balaban J connectivity index is 1.71. The summed E-state index contributed by atoms with van der Waals surface area (Å²) in [5.74, 6) is -0.131. The maximum absolute atomic E-state index is 12.0. The molecule has 6 heteroatoms. The number of pyridine rings is 1. The van der Waals surface area contributed by atoms with Crippen molar-refractivity contribution in [1.82, 2.24) is 15.3 Å². The smallest absolute Gasteiger partial charge is 0.251 e. The predicted molar refractivity (Wildman–Crippen MR) is 92.7 cm³/mol. The van der Waals surface area contributed by atoms with Gasteiger partial charge in [-0.1, -0.05) is 23.7 Å². The molecule has 1 amide bonds. The highest BCUT2D eigenvalue weighted by Gasteiger charge is 2.11. The lowest BCUT2D eigenvalue weighted by Crippen LogP contribution is -2.22. The first-order chi connectivity index (χ1) is 11.1. The Labute approximate surface area is 143 Å². The van der Waals surface area contributed by atoms with Gasteiger partial charge >= 0.3 is 0 Å². The molecule has 0 atom stereocenters. The summed E-state index contributed by atoms with van der Waals surface area (Å²) in [7, 11) is 0. The summed E-state index contributed by atoms with van der Waals surface area (Å²) in [6, 6.07) is 11.0. The number of aromatic nitrogens is 2. The first kappa shape index (κ1) is 15.6. The van der Waals surface area contributed by atoms with Gasteiger partial charge in [-0.25, -0.2) is 4.98 Å². The van der Waals surface area contributed by atoms with Gasteiger partial charge in [-0.3, -0.25) is 9.78 Å². The molecule has 0 spiro atoms. The normalized spacial score (nSPS) is 10.5. The van der Waals surface area contributed by atoms with E-state index in [-0.39, 0.29) is 5.91 Å². The van der Waals surface area contributed by atoms with E-state index in [1.165, 1.54) is 0 Å². The van der Waals surface area contributed by atoms with Gasteiger partial charge in [0.05, 0.1) is 12.2 Å². The number of benzene rings is 1. The minimum Gasteiger partial charge on any atom is -0.346 e. The Morgan fingerprint density at radius 3 is 2.57 bits per heavy atom. The second-order valence-corrected chi connectivity index (χ2v) is 6.66. The summed E-state index contributed by atoms with van der Waals surface area (Å²) >= 11 is 7.50. The lowest BCUT2D eigenvalue weighted by atomic mass is 10.1. The Morgan fingerprint density at radius 2 is 1.87 bits per heavy atom. The fourth-order valence-corrected chi connectivity index (χ4v) is 3.18. The summed E-state index contributed by atoms with van der Waals surface area (Å²) in [4.78, 5) is 21.7. The van der Waals surface area contributed by atoms with Crippen molar-refractivity contribution in [2.45, 2.75) is 13.5 Å². The minimum atomic E-state index is -0.131. The van der Waals surface area contributed by atoms with Crippen LogP contribution in [0.25, 0.3) is 11.3 Å². The maximum Gasteiger partial charge on any atom is 0.251 e. The van der Waals surface area contributed by atoms with Crippen LogP contribution in [0.1, 0.15) is 20.2 Å². The number of nitrogens with zero attached hydrogens (tertiary/aromatic N) is 2. The van der Waals surface area contributed by atoms with Gasteiger partial charge in [-0.05, 0) is 31.2 Å². The molecule has 0 fully saturated rings. The van der Waals surface area contributed by atoms with E-state index in [1.54, 1.807) is 35.9 Å². The maximum atomic E-state index is 12.0. The van der Waals surface area contributed by atoms with Crippen LogP contribution in [0, 0.1) is 6.92 Å². The van der Waals surface area contributed by atoms with Gasteiger partial charge in [0.25, 0.3) is 5.91 Å². The molecular formula is C17H14ClN3OS. The number of nitrogens with one attached hydrogen (secondary N) is 1. The summed E-state index contributed by atoms with van der Waals surface area (Å²) in [6.07, 6.45) is 3.20. The van der Waals surface area contributed by atoms with Crippen LogP contribution in [0.15, 0.2) is 48.8 Å². The molecule has 116 valence electrons. The van der Waals surface area contributed by atoms with E-state index < -0.39 is 0 Å². The fourth-order valence-electron chi connectivity index (χ4n) is 2.16. The van der Waals surface area contributed by atoms with Crippen LogP contribution < -0.4 is 5.32 Å². The third-order valence-corrected chi connectivity index (χ3v) is 4.52. The van der Waals surface area contributed by atoms with Gasteiger partial charge in [0.15, 0.2) is 0 Å². The van der Waals surface area contributed by atoms with Crippen molar-refractivity contribution >= 4 is 28.8 Å². The van der Waals surface area contributed by atoms with Gasteiger partial charge in [-0.15, -0.1) is 11.3 Å². The number of rotatable bonds is 4. The average Bonchev–Trinajstić information content (AvgIpc) is 2.95. The zero-order valence-corrected chi connectivity index (χ0v) is 14.0. The third kappa shape index (κ3) is 3.75. The highest BCUT2D eigenvalue weighted by molar-refractivity contribution is 7.12. The molecule has 0 bridgehead atoms. The summed E-state index contributed by atoms with van der Waals surface area (Å²) in [5, 5.41) is 4.45. The summed E-state index contributed by atoms with van der Waals surface area (Å²) in [6.45, 7) is 2.43. The lowest BCUT2D eigenvalue weighted by molar-refractivity contribution is 0.0951. The molecule has 0 aliphatic carbocycles. The van der Waals surface area contributed by atoms with Crippen molar-refractivity contribution < 1.29 is 4.79 Å². The molecular weight excluding hydrogens is 330 g/mol. The molecule has 2 heterocycles. The van der Waals surface area contributed by atoms with E-state index in [2.05, 4.69) is 15.3 Å². The van der Waals surface area contributed by atoms with Crippen molar-refractivity contribution in [3.05, 3.63) is 69.3 Å². The van der Waals surface area contributed by atoms with Crippen LogP contribution >= 0.6 is 22.9 Å². The second kappa shape index (κ2) is 6.89. The molecule has 0 saturated carbocycles. The van der Waals surface area contributed by atoms with Crippen LogP contribution in [0.2, 0.25) is 5.02 Å². The number of thiazole rings is 1. The molecule has 0 aliphatic heterocycles. The van der Waals surface area contributed by atoms with E-state index in [4.69, 9.17) is 11.6 Å². The third-order valence-electron chi connectivity index (χ3n) is 3.30. The molecule has 23 heavy (non-hydrogen) atoms. The van der Waals surface area contributed by atoms with Crippen LogP contribution in [0.5, 0.6) is 0 Å². The topological polar surface area (TPSA) is 54.9 Å². The second-order valence-electron chi connectivity index (χ2n) is 4.94. The SMILES string of the molecule is Cc1sc(CNC(=O)c2ccncc2)nc1-c1ccc(Cl)cc1. The number of halogens is 1. The molecule has 1 N–H and O–H groups in total. The Morgan fingerprint density at radius 1 is 1.17 bits per heavy atom. The monoisotopic (exact) mass is 343 g/mol. The largest absolute Gasteiger partial charge is 0.346 e. The number of hydrogen-bond acceptors (Lipinski definition) is 4. The first-order valence-corrected chi connectivity index (χ1v) is 8.23. The molecule has 4 nitrogen and oxygen atoms in total. The van der Waals surface area contributed by atoms with Gasteiger partial charge in [-0.2, -0.15) is 0 Å². The van der Waals surface area contributed by atoms with E-state index in [9.17, 15) is 4.79 Å². The Kier molecular flexibility index (Phi) is 4.69. The number of aryl methyl sites for hydroxylation is 1. The molecule has 0 unspecified atom stereocenters. The minimum absolute atomic E-state index is 0.131. The zero-order valence-electron chi connectivity index (χ0n) is 12.4. The van der Waals surface area contributed by atoms with E-state index in [0.29, 0.717) is 17.1 Å². The first-order valence-electron chi connectivity index (χ1n) is 7.04. The Hall–Kier alpha value is -2.24. The summed E-state index contributed by atoms with van der Waals surface area (Å²) in [5.41, 5.74) is 2.54. The van der Waals surface area contributed by atoms with Crippen LogP contribution in [0.3, 0.4) is 0 Å². The van der Waals surface area contributed by atoms with Crippen molar-refractivity contribution in [1.29, 1.82) is 0 Å². The highest BCUT2D eigenvalue weighted by atomic mass is 35.5. The van der Waals surface area contributed by atoms with Gasteiger partial charge in [0.1, 0.15) is 5.01 Å². The molecule has 0 saturated heterocycles. The van der Waals surface area contributed by atoms with Crippen LogP contribution in [-0.4, -0.2) is 15.9 Å². The zero-order chi connectivity index (χ0) is 16.2. The van der Waals surface area contributed by atoms with E-state index >= 15 is 0 Å². The Bertz CT molecular complexity index is 816. The summed E-state index contributed by atoms with van der Waals surface area (Å²) < 4.78 is 0. The van der Waals surface area contributed by atoms with Crippen molar-refractivity contribution in [3.63, 3.8) is 0 Å². The lowest BCUT2D eigenvalue weighted by Gasteiger charge is -2.02. The molecule has 2 aromatic heterocycles. The number of carbonyl (C=O) groups is 1. The van der Waals surface area contributed by atoms with E-state index in [0.717, 1.165) is 21.1 Å². The molecule has 0 radical (unpaired) electrons. The highest BCUT2D eigenvalue weighted by Crippen LogP contribution is 2.28. The van der Waals surface area contributed by atoms with Crippen molar-refractivity contribution in [2.24, 2.45) is 0 Å². The molecule has 3 rings (SSSR count). The molecule has 1 aromatic carbocycles.